The van der Waals surface area contributed by atoms with Crippen molar-refractivity contribution in [2.24, 2.45) is 0 Å². The fourth-order valence-electron chi connectivity index (χ4n) is 2.23. The second-order valence-corrected chi connectivity index (χ2v) is 5.89. The monoisotopic (exact) mass is 264 g/mol. The molecule has 0 saturated heterocycles. The van der Waals surface area contributed by atoms with Gasteiger partial charge < -0.3 is 5.32 Å². The number of amides is 1. The molecule has 3 nitrogen and oxygen atoms in total. The molecule has 18 heavy (non-hydrogen) atoms. The lowest BCUT2D eigenvalue weighted by atomic mass is 10.1. The van der Waals surface area contributed by atoms with Crippen molar-refractivity contribution in [1.29, 1.82) is 0 Å². The van der Waals surface area contributed by atoms with E-state index in [0.717, 1.165) is 19.5 Å². The molecule has 1 heterocycles. The molecule has 1 unspecified atom stereocenters. The molecule has 0 spiro atoms. The standard InChI is InChI=1S/C14H20N2OS/c1-3-16(10-14(17)15-2)9-12-8-11-6-4-5-7-13(11)18-12/h4-7,12H,3,8-10H2,1-2H3,(H,15,17). The van der Waals surface area contributed by atoms with Gasteiger partial charge in [-0.1, -0.05) is 25.1 Å². The van der Waals surface area contributed by atoms with Crippen molar-refractivity contribution in [2.45, 2.75) is 23.5 Å². The van der Waals surface area contributed by atoms with Gasteiger partial charge in [0, 0.05) is 23.7 Å². The molecule has 0 bridgehead atoms. The fraction of sp³-hybridized carbons (Fsp3) is 0.500. The van der Waals surface area contributed by atoms with Gasteiger partial charge in [-0.3, -0.25) is 9.69 Å². The Morgan fingerprint density at radius 3 is 2.94 bits per heavy atom. The minimum absolute atomic E-state index is 0.0948. The lowest BCUT2D eigenvalue weighted by molar-refractivity contribution is -0.121. The van der Waals surface area contributed by atoms with Crippen LogP contribution >= 0.6 is 11.8 Å². The maximum atomic E-state index is 11.4. The molecule has 1 N–H and O–H groups in total. The zero-order valence-electron chi connectivity index (χ0n) is 11.0. The van der Waals surface area contributed by atoms with Crippen molar-refractivity contribution in [3.05, 3.63) is 29.8 Å². The van der Waals surface area contributed by atoms with E-state index < -0.39 is 0 Å². The third kappa shape index (κ3) is 3.27. The number of nitrogens with one attached hydrogen (secondary N) is 1. The zero-order chi connectivity index (χ0) is 13.0. The van der Waals surface area contributed by atoms with E-state index in [1.54, 1.807) is 7.05 Å². The number of likely N-dealkylation sites (N-methyl/N-ethyl adjacent to an activating group) is 2. The van der Waals surface area contributed by atoms with Crippen LogP contribution in [0.2, 0.25) is 0 Å². The van der Waals surface area contributed by atoms with Crippen LogP contribution in [0.25, 0.3) is 0 Å². The lowest BCUT2D eigenvalue weighted by Gasteiger charge is -2.22. The van der Waals surface area contributed by atoms with Crippen molar-refractivity contribution in [2.75, 3.05) is 26.7 Å². The summed E-state index contributed by atoms with van der Waals surface area (Å²) in [5.74, 6) is 0.0948. The maximum Gasteiger partial charge on any atom is 0.233 e. The number of hydrogen-bond donors (Lipinski definition) is 1. The third-order valence-electron chi connectivity index (χ3n) is 3.27. The smallest absolute Gasteiger partial charge is 0.233 e. The molecule has 4 heteroatoms. The molecule has 1 aromatic carbocycles. The average molecular weight is 264 g/mol. The van der Waals surface area contributed by atoms with E-state index in [-0.39, 0.29) is 5.91 Å². The summed E-state index contributed by atoms with van der Waals surface area (Å²) in [6.07, 6.45) is 1.12. The second kappa shape index (κ2) is 6.25. The molecule has 98 valence electrons. The number of thioether (sulfide) groups is 1. The Hall–Kier alpha value is -1.00. The predicted molar refractivity (Wildman–Crippen MR) is 76.0 cm³/mol. The van der Waals surface area contributed by atoms with Gasteiger partial charge in [0.05, 0.1) is 6.54 Å². The van der Waals surface area contributed by atoms with Crippen molar-refractivity contribution in [3.63, 3.8) is 0 Å². The largest absolute Gasteiger partial charge is 0.358 e. The molecular weight excluding hydrogens is 244 g/mol. The highest BCUT2D eigenvalue weighted by molar-refractivity contribution is 8.00. The lowest BCUT2D eigenvalue weighted by Crippen LogP contribution is -2.39. The zero-order valence-corrected chi connectivity index (χ0v) is 11.8. The fourth-order valence-corrected chi connectivity index (χ4v) is 3.60. The average Bonchev–Trinajstić information content (AvgIpc) is 2.79. The molecular formula is C14H20N2OS. The van der Waals surface area contributed by atoms with Crippen LogP contribution in [0.15, 0.2) is 29.2 Å². The van der Waals surface area contributed by atoms with E-state index >= 15 is 0 Å². The third-order valence-corrected chi connectivity index (χ3v) is 4.57. The Morgan fingerprint density at radius 2 is 2.28 bits per heavy atom. The van der Waals surface area contributed by atoms with E-state index in [4.69, 9.17) is 0 Å². The highest BCUT2D eigenvalue weighted by Gasteiger charge is 2.23. The Bertz CT molecular complexity index is 397. The van der Waals surface area contributed by atoms with Crippen molar-refractivity contribution in [1.82, 2.24) is 10.2 Å². The van der Waals surface area contributed by atoms with Crippen LogP contribution in [0.5, 0.6) is 0 Å². The Balaban J connectivity index is 1.89. The molecule has 0 saturated carbocycles. The van der Waals surface area contributed by atoms with Gasteiger partial charge in [-0.15, -0.1) is 11.8 Å². The number of fused-ring (bicyclic) bond motifs is 1. The van der Waals surface area contributed by atoms with Gasteiger partial charge >= 0.3 is 0 Å². The summed E-state index contributed by atoms with van der Waals surface area (Å²) in [5.41, 5.74) is 1.45. The summed E-state index contributed by atoms with van der Waals surface area (Å²) in [4.78, 5) is 15.0. The Kier molecular flexibility index (Phi) is 4.66. The van der Waals surface area contributed by atoms with Gasteiger partial charge in [-0.05, 0) is 24.6 Å². The normalized spacial score (nSPS) is 17.8. The molecule has 1 aliphatic rings. The van der Waals surface area contributed by atoms with Gasteiger partial charge in [0.15, 0.2) is 0 Å². The highest BCUT2D eigenvalue weighted by Crippen LogP contribution is 2.36. The predicted octanol–water partition coefficient (Wildman–Crippen LogP) is 1.77. The van der Waals surface area contributed by atoms with E-state index in [1.165, 1.54) is 10.5 Å². The molecule has 0 fully saturated rings. The first-order valence-corrected chi connectivity index (χ1v) is 7.28. The topological polar surface area (TPSA) is 32.3 Å². The number of rotatable bonds is 5. The van der Waals surface area contributed by atoms with Crippen molar-refractivity contribution in [3.8, 4) is 0 Å². The second-order valence-electron chi connectivity index (χ2n) is 4.55. The van der Waals surface area contributed by atoms with E-state index in [9.17, 15) is 4.79 Å². The van der Waals surface area contributed by atoms with Crippen LogP contribution in [0, 0.1) is 0 Å². The SMILES string of the molecule is CCN(CC(=O)NC)CC1Cc2ccccc2S1. The van der Waals surface area contributed by atoms with Gasteiger partial charge in [0.25, 0.3) is 0 Å². The molecule has 1 amide bonds. The molecule has 0 aliphatic carbocycles. The summed E-state index contributed by atoms with van der Waals surface area (Å²) in [6.45, 7) is 4.50. The molecule has 1 aromatic rings. The van der Waals surface area contributed by atoms with Crippen LogP contribution in [-0.2, 0) is 11.2 Å². The van der Waals surface area contributed by atoms with E-state index in [0.29, 0.717) is 11.8 Å². The van der Waals surface area contributed by atoms with Crippen LogP contribution in [0.1, 0.15) is 12.5 Å². The quantitative estimate of drug-likeness (QED) is 0.880. The number of carbonyl (C=O) groups is 1. The minimum Gasteiger partial charge on any atom is -0.358 e. The molecule has 0 radical (unpaired) electrons. The first-order valence-electron chi connectivity index (χ1n) is 6.40. The van der Waals surface area contributed by atoms with E-state index in [2.05, 4.69) is 41.4 Å². The summed E-state index contributed by atoms with van der Waals surface area (Å²) in [7, 11) is 1.69. The van der Waals surface area contributed by atoms with Gasteiger partial charge in [-0.25, -0.2) is 0 Å². The first kappa shape index (κ1) is 13.4. The highest BCUT2D eigenvalue weighted by atomic mass is 32.2. The summed E-state index contributed by atoms with van der Waals surface area (Å²) < 4.78 is 0. The van der Waals surface area contributed by atoms with Gasteiger partial charge in [-0.2, -0.15) is 0 Å². The number of benzene rings is 1. The van der Waals surface area contributed by atoms with Crippen LogP contribution < -0.4 is 5.32 Å². The summed E-state index contributed by atoms with van der Waals surface area (Å²) >= 11 is 1.94. The Morgan fingerprint density at radius 1 is 1.50 bits per heavy atom. The number of carbonyl (C=O) groups excluding carboxylic acids is 1. The number of nitrogens with zero attached hydrogens (tertiary/aromatic N) is 1. The van der Waals surface area contributed by atoms with Gasteiger partial charge in [0.1, 0.15) is 0 Å². The van der Waals surface area contributed by atoms with E-state index in [1.807, 2.05) is 11.8 Å². The number of hydrogen-bond acceptors (Lipinski definition) is 3. The molecule has 2 rings (SSSR count). The van der Waals surface area contributed by atoms with Crippen molar-refractivity contribution < 1.29 is 4.79 Å². The summed E-state index contributed by atoms with van der Waals surface area (Å²) in [6, 6.07) is 8.59. The van der Waals surface area contributed by atoms with Gasteiger partial charge in [0.2, 0.25) is 5.91 Å². The molecule has 0 aromatic heterocycles. The molecule has 1 atom stereocenters. The first-order chi connectivity index (χ1) is 8.72. The minimum atomic E-state index is 0.0948. The maximum absolute atomic E-state index is 11.4. The molecule has 1 aliphatic heterocycles. The summed E-state index contributed by atoms with van der Waals surface area (Å²) in [5, 5.41) is 3.26. The van der Waals surface area contributed by atoms with Crippen molar-refractivity contribution >= 4 is 17.7 Å². The Labute approximate surface area is 113 Å². The van der Waals surface area contributed by atoms with Crippen LogP contribution in [0.3, 0.4) is 0 Å². The van der Waals surface area contributed by atoms with Crippen LogP contribution in [0.4, 0.5) is 0 Å². The van der Waals surface area contributed by atoms with Crippen LogP contribution in [-0.4, -0.2) is 42.7 Å².